The van der Waals surface area contributed by atoms with Crippen LogP contribution in [-0.4, -0.2) is 64.7 Å². The Labute approximate surface area is 177 Å². The first-order valence-corrected chi connectivity index (χ1v) is 11.4. The number of aliphatic hydroxyl groups is 1. The molecule has 3 amide bonds. The lowest BCUT2D eigenvalue weighted by Gasteiger charge is -2.58. The van der Waals surface area contributed by atoms with Gasteiger partial charge < -0.3 is 20.2 Å². The van der Waals surface area contributed by atoms with Crippen molar-refractivity contribution in [1.82, 2.24) is 15.1 Å². The van der Waals surface area contributed by atoms with Crippen molar-refractivity contribution in [3.8, 4) is 0 Å². The van der Waals surface area contributed by atoms with E-state index >= 15 is 0 Å². The molecule has 0 spiro atoms. The molecule has 1 aromatic rings. The lowest BCUT2D eigenvalue weighted by Crippen LogP contribution is -2.74. The van der Waals surface area contributed by atoms with E-state index in [0.717, 1.165) is 44.1 Å². The first kappa shape index (κ1) is 19.6. The highest BCUT2D eigenvalue weighted by atomic mass is 16.3. The number of hydrogen-bond donors (Lipinski definition) is 2. The summed E-state index contributed by atoms with van der Waals surface area (Å²) in [5.74, 6) is 0.00323. The van der Waals surface area contributed by atoms with Crippen LogP contribution in [0.3, 0.4) is 0 Å². The van der Waals surface area contributed by atoms with Crippen LogP contribution in [0, 0.1) is 0 Å². The molecular weight excluding hydrogens is 378 g/mol. The number of amides is 3. The quantitative estimate of drug-likeness (QED) is 0.803. The molecule has 2 aliphatic heterocycles. The normalized spacial score (nSPS) is 28.9. The fourth-order valence-corrected chi connectivity index (χ4v) is 5.84. The fourth-order valence-electron chi connectivity index (χ4n) is 5.84. The van der Waals surface area contributed by atoms with Gasteiger partial charge in [0, 0.05) is 18.5 Å². The molecule has 6 nitrogen and oxygen atoms in total. The third-order valence-corrected chi connectivity index (χ3v) is 7.43. The molecule has 3 atom stereocenters. The Kier molecular flexibility index (Phi) is 5.27. The smallest absolute Gasteiger partial charge is 0.318 e. The van der Waals surface area contributed by atoms with Gasteiger partial charge >= 0.3 is 6.03 Å². The van der Waals surface area contributed by atoms with Crippen molar-refractivity contribution in [2.75, 3.05) is 19.7 Å². The number of urea groups is 1. The number of benzene rings is 1. The van der Waals surface area contributed by atoms with E-state index in [4.69, 9.17) is 0 Å². The number of piperazine rings is 1. The monoisotopic (exact) mass is 409 g/mol. The van der Waals surface area contributed by atoms with Crippen LogP contribution in [-0.2, 0) is 4.79 Å². The highest BCUT2D eigenvalue weighted by Gasteiger charge is 2.54. The Bertz CT molecular complexity index is 844. The molecule has 2 aliphatic carbocycles. The van der Waals surface area contributed by atoms with E-state index in [-0.39, 0.29) is 49.1 Å². The van der Waals surface area contributed by atoms with Gasteiger partial charge in [-0.2, -0.15) is 0 Å². The first-order valence-electron chi connectivity index (χ1n) is 11.4. The molecule has 160 valence electrons. The predicted molar refractivity (Wildman–Crippen MR) is 115 cm³/mol. The van der Waals surface area contributed by atoms with E-state index in [2.05, 4.69) is 35.7 Å². The van der Waals surface area contributed by atoms with Crippen molar-refractivity contribution in [1.29, 1.82) is 0 Å². The second-order valence-corrected chi connectivity index (χ2v) is 9.20. The SMILES string of the molecule is O=C(NC1CCCC1)N1CC(=O)N2[C@H](CO)[C@H](c3ccc(C4=CCCC4)cc3)[C@@H]2C1. The van der Waals surface area contributed by atoms with Crippen LogP contribution in [0.15, 0.2) is 30.3 Å². The van der Waals surface area contributed by atoms with Crippen molar-refractivity contribution in [3.63, 3.8) is 0 Å². The minimum Gasteiger partial charge on any atom is -0.394 e. The summed E-state index contributed by atoms with van der Waals surface area (Å²) < 4.78 is 0. The van der Waals surface area contributed by atoms with Gasteiger partial charge in [0.1, 0.15) is 6.54 Å². The third kappa shape index (κ3) is 3.41. The first-order chi connectivity index (χ1) is 14.7. The Morgan fingerprint density at radius 1 is 1.13 bits per heavy atom. The molecule has 2 heterocycles. The number of aliphatic hydroxyl groups excluding tert-OH is 1. The molecule has 2 saturated heterocycles. The summed E-state index contributed by atoms with van der Waals surface area (Å²) in [6.45, 7) is 0.581. The summed E-state index contributed by atoms with van der Waals surface area (Å²) in [5.41, 5.74) is 3.83. The fraction of sp³-hybridized carbons (Fsp3) is 0.583. The number of fused-ring (bicyclic) bond motifs is 1. The van der Waals surface area contributed by atoms with Gasteiger partial charge in [-0.05, 0) is 48.8 Å². The van der Waals surface area contributed by atoms with Gasteiger partial charge in [-0.3, -0.25) is 4.79 Å². The van der Waals surface area contributed by atoms with Gasteiger partial charge in [-0.15, -0.1) is 0 Å². The van der Waals surface area contributed by atoms with E-state index in [9.17, 15) is 14.7 Å². The van der Waals surface area contributed by atoms with E-state index in [1.54, 1.807) is 9.80 Å². The van der Waals surface area contributed by atoms with Crippen LogP contribution in [0.2, 0.25) is 0 Å². The molecule has 5 rings (SSSR count). The minimum atomic E-state index is -0.195. The summed E-state index contributed by atoms with van der Waals surface area (Å²) in [6, 6.07) is 8.48. The molecule has 1 aromatic carbocycles. The highest BCUT2D eigenvalue weighted by molar-refractivity contribution is 5.87. The summed E-state index contributed by atoms with van der Waals surface area (Å²) in [6.07, 6.45) is 10.2. The van der Waals surface area contributed by atoms with Crippen molar-refractivity contribution in [3.05, 3.63) is 41.5 Å². The molecule has 0 aromatic heterocycles. The van der Waals surface area contributed by atoms with E-state index in [1.807, 2.05) is 0 Å². The van der Waals surface area contributed by atoms with Crippen LogP contribution in [0.25, 0.3) is 5.57 Å². The molecule has 6 heteroatoms. The number of carbonyl (C=O) groups excluding carboxylic acids is 2. The summed E-state index contributed by atoms with van der Waals surface area (Å²) in [4.78, 5) is 29.0. The van der Waals surface area contributed by atoms with Crippen molar-refractivity contribution >= 4 is 17.5 Å². The largest absolute Gasteiger partial charge is 0.394 e. The highest BCUT2D eigenvalue weighted by Crippen LogP contribution is 2.43. The second kappa shape index (κ2) is 8.06. The van der Waals surface area contributed by atoms with Gasteiger partial charge in [0.25, 0.3) is 0 Å². The molecule has 0 bridgehead atoms. The Morgan fingerprint density at radius 3 is 2.57 bits per heavy atom. The van der Waals surface area contributed by atoms with Crippen molar-refractivity contribution < 1.29 is 14.7 Å². The van der Waals surface area contributed by atoms with Gasteiger partial charge in [-0.25, -0.2) is 4.79 Å². The molecular formula is C24H31N3O3. The lowest BCUT2D eigenvalue weighted by atomic mass is 9.73. The minimum absolute atomic E-state index is 0.0475. The molecule has 0 unspecified atom stereocenters. The summed E-state index contributed by atoms with van der Waals surface area (Å²) in [5, 5.41) is 13.1. The van der Waals surface area contributed by atoms with Crippen LogP contribution in [0.5, 0.6) is 0 Å². The topological polar surface area (TPSA) is 72.9 Å². The number of allylic oxidation sites excluding steroid dienone is 2. The number of nitrogens with one attached hydrogen (secondary N) is 1. The van der Waals surface area contributed by atoms with Crippen LogP contribution < -0.4 is 5.32 Å². The van der Waals surface area contributed by atoms with E-state index < -0.39 is 0 Å². The zero-order chi connectivity index (χ0) is 20.7. The van der Waals surface area contributed by atoms with Gasteiger partial charge in [-0.1, -0.05) is 43.2 Å². The van der Waals surface area contributed by atoms with Crippen molar-refractivity contribution in [2.24, 2.45) is 0 Å². The number of rotatable bonds is 4. The van der Waals surface area contributed by atoms with E-state index in [0.29, 0.717) is 6.54 Å². The standard InChI is InChI=1S/C24H31N3O3/c28-15-21-23(18-11-9-17(10-12-18)16-5-1-2-6-16)20-13-26(14-22(29)27(20)21)24(30)25-19-7-3-4-8-19/h5,9-12,19-21,23,28H,1-4,6-8,13-15H2,(H,25,30)/t20-,21+,23+/m0/s1. The zero-order valence-electron chi connectivity index (χ0n) is 17.4. The molecule has 1 saturated carbocycles. The molecule has 30 heavy (non-hydrogen) atoms. The maximum Gasteiger partial charge on any atom is 0.318 e. The number of carbonyl (C=O) groups is 2. The molecule has 2 N–H and O–H groups in total. The van der Waals surface area contributed by atoms with Gasteiger partial charge in [0.05, 0.1) is 18.7 Å². The van der Waals surface area contributed by atoms with E-state index in [1.165, 1.54) is 17.6 Å². The molecule has 0 radical (unpaired) electrons. The van der Waals surface area contributed by atoms with Crippen LogP contribution in [0.1, 0.15) is 62.0 Å². The average molecular weight is 410 g/mol. The maximum absolute atomic E-state index is 12.8. The molecule has 3 fully saturated rings. The molecule has 4 aliphatic rings. The Morgan fingerprint density at radius 2 is 1.90 bits per heavy atom. The Hall–Kier alpha value is -2.34. The van der Waals surface area contributed by atoms with Gasteiger partial charge in [0.15, 0.2) is 0 Å². The van der Waals surface area contributed by atoms with Crippen LogP contribution >= 0.6 is 0 Å². The van der Waals surface area contributed by atoms with Crippen molar-refractivity contribution in [2.45, 2.75) is 69.0 Å². The van der Waals surface area contributed by atoms with Crippen LogP contribution in [0.4, 0.5) is 4.79 Å². The second-order valence-electron chi connectivity index (χ2n) is 9.20. The zero-order valence-corrected chi connectivity index (χ0v) is 17.4. The summed E-state index contributed by atoms with van der Waals surface area (Å²) in [7, 11) is 0. The van der Waals surface area contributed by atoms with Gasteiger partial charge in [0.2, 0.25) is 5.91 Å². The summed E-state index contributed by atoms with van der Waals surface area (Å²) >= 11 is 0. The maximum atomic E-state index is 12.8. The predicted octanol–water partition coefficient (Wildman–Crippen LogP) is 2.88. The third-order valence-electron chi connectivity index (χ3n) is 7.43. The average Bonchev–Trinajstić information content (AvgIpc) is 3.44. The lowest BCUT2D eigenvalue weighted by molar-refractivity contribution is -0.159. The Balaban J connectivity index is 1.31. The number of nitrogens with zero attached hydrogens (tertiary/aromatic N) is 2. The number of hydrogen-bond acceptors (Lipinski definition) is 3.